The van der Waals surface area contributed by atoms with E-state index in [0.717, 1.165) is 39.4 Å². The number of methoxy groups -OCH3 is 1. The number of rotatable bonds is 10. The number of allylic oxidation sites excluding steroid dienone is 7. The van der Waals surface area contributed by atoms with Gasteiger partial charge in [0.1, 0.15) is 17.1 Å². The molecule has 0 unspecified atom stereocenters. The number of hydrogen-bond acceptors (Lipinski definition) is 5. The van der Waals surface area contributed by atoms with E-state index in [9.17, 15) is 4.79 Å². The number of benzene rings is 2. The Kier molecular flexibility index (Phi) is 9.32. The van der Waals surface area contributed by atoms with Crippen molar-refractivity contribution in [1.29, 1.82) is 0 Å². The van der Waals surface area contributed by atoms with Gasteiger partial charge in [0.05, 0.1) is 18.3 Å². The molecule has 1 heterocycles. The van der Waals surface area contributed by atoms with Crippen LogP contribution in [0.4, 0.5) is 10.5 Å². The zero-order valence-electron chi connectivity index (χ0n) is 21.7. The molecule has 2 amide bonds. The number of nitrogens with zero attached hydrogens (tertiary/aromatic N) is 1. The van der Waals surface area contributed by atoms with Crippen molar-refractivity contribution in [3.8, 4) is 5.75 Å². The van der Waals surface area contributed by atoms with E-state index in [4.69, 9.17) is 10.5 Å². The predicted octanol–water partition coefficient (Wildman–Crippen LogP) is 5.72. The zero-order chi connectivity index (χ0) is 26.8. The summed E-state index contributed by atoms with van der Waals surface area (Å²) < 4.78 is 5.38. The van der Waals surface area contributed by atoms with Crippen molar-refractivity contribution in [2.45, 2.75) is 27.3 Å². The number of anilines is 1. The summed E-state index contributed by atoms with van der Waals surface area (Å²) in [5, 5.41) is 8.94. The molecule has 0 fully saturated rings. The smallest absolute Gasteiger partial charge is 0.323 e. The molecular weight excluding hydrogens is 464 g/mol. The number of urea groups is 1. The van der Waals surface area contributed by atoms with E-state index in [1.807, 2.05) is 93.6 Å². The maximum atomic E-state index is 12.4. The minimum absolute atomic E-state index is 0.324. The highest BCUT2D eigenvalue weighted by molar-refractivity contribution is 5.90. The Labute approximate surface area is 217 Å². The molecule has 1 aromatic heterocycles. The number of hydrogen-bond donors (Lipinski definition) is 5. The Morgan fingerprint density at radius 2 is 1.89 bits per heavy atom. The highest BCUT2D eigenvalue weighted by atomic mass is 16.5. The summed E-state index contributed by atoms with van der Waals surface area (Å²) in [6, 6.07) is 13.0. The first kappa shape index (κ1) is 26.9. The monoisotopic (exact) mass is 498 g/mol. The Morgan fingerprint density at radius 3 is 2.57 bits per heavy atom. The van der Waals surface area contributed by atoms with Crippen LogP contribution >= 0.6 is 0 Å². The molecule has 0 aliphatic rings. The van der Waals surface area contributed by atoms with Crippen LogP contribution in [-0.2, 0) is 6.54 Å². The third-order valence-corrected chi connectivity index (χ3v) is 5.46. The second kappa shape index (κ2) is 12.8. The second-order valence-electron chi connectivity index (χ2n) is 8.40. The number of imidazole rings is 1. The van der Waals surface area contributed by atoms with Crippen LogP contribution in [0.25, 0.3) is 16.6 Å². The van der Waals surface area contributed by atoms with E-state index >= 15 is 0 Å². The molecule has 0 spiro atoms. The minimum Gasteiger partial charge on any atom is -0.494 e. The van der Waals surface area contributed by atoms with Crippen LogP contribution < -0.4 is 26.4 Å². The summed E-state index contributed by atoms with van der Waals surface area (Å²) in [4.78, 5) is 20.4. The average molecular weight is 499 g/mol. The van der Waals surface area contributed by atoms with Crippen LogP contribution in [0.3, 0.4) is 0 Å². The lowest BCUT2D eigenvalue weighted by molar-refractivity contribution is 0.254. The fourth-order valence-electron chi connectivity index (χ4n) is 3.44. The number of nitrogens with one attached hydrogen (secondary N) is 4. The number of carbonyl (C=O) groups excluding carboxylic acids is 1. The van der Waals surface area contributed by atoms with Gasteiger partial charge >= 0.3 is 6.03 Å². The normalized spacial score (nSPS) is 12.6. The van der Waals surface area contributed by atoms with Crippen molar-refractivity contribution < 1.29 is 9.53 Å². The topological polar surface area (TPSA) is 117 Å². The van der Waals surface area contributed by atoms with E-state index in [0.29, 0.717) is 23.6 Å². The largest absolute Gasteiger partial charge is 0.494 e. The van der Waals surface area contributed by atoms with Crippen LogP contribution in [0.2, 0.25) is 0 Å². The van der Waals surface area contributed by atoms with Gasteiger partial charge in [0, 0.05) is 23.6 Å². The van der Waals surface area contributed by atoms with Gasteiger partial charge in [0.15, 0.2) is 0 Å². The van der Waals surface area contributed by atoms with Crippen LogP contribution in [0, 0.1) is 0 Å². The first-order valence-electron chi connectivity index (χ1n) is 11.9. The molecule has 0 aliphatic carbocycles. The molecule has 37 heavy (non-hydrogen) atoms. The third-order valence-electron chi connectivity index (χ3n) is 5.46. The van der Waals surface area contributed by atoms with Crippen LogP contribution in [0.1, 0.15) is 32.2 Å². The molecule has 0 aliphatic heterocycles. The maximum absolute atomic E-state index is 12.4. The summed E-state index contributed by atoms with van der Waals surface area (Å²) >= 11 is 0. The van der Waals surface area contributed by atoms with E-state index in [2.05, 4.69) is 32.5 Å². The number of fused-ring (bicyclic) bond motifs is 1. The van der Waals surface area contributed by atoms with Crippen LogP contribution in [-0.4, -0.2) is 23.1 Å². The molecule has 0 saturated carbocycles. The molecule has 0 saturated heterocycles. The van der Waals surface area contributed by atoms with Gasteiger partial charge < -0.3 is 31.4 Å². The quantitative estimate of drug-likeness (QED) is 0.229. The molecule has 8 heteroatoms. The molecule has 8 nitrogen and oxygen atoms in total. The highest BCUT2D eigenvalue weighted by Gasteiger charge is 2.08. The molecule has 0 atom stereocenters. The van der Waals surface area contributed by atoms with Gasteiger partial charge in [-0.1, -0.05) is 43.0 Å². The fourth-order valence-corrected chi connectivity index (χ4v) is 3.44. The van der Waals surface area contributed by atoms with Crippen molar-refractivity contribution in [2.24, 2.45) is 5.73 Å². The number of amides is 2. The van der Waals surface area contributed by atoms with Gasteiger partial charge in [-0.2, -0.15) is 0 Å². The third kappa shape index (κ3) is 7.63. The molecule has 3 rings (SSSR count). The first-order valence-corrected chi connectivity index (χ1v) is 11.9. The second-order valence-corrected chi connectivity index (χ2v) is 8.40. The minimum atomic E-state index is -0.324. The van der Waals surface area contributed by atoms with Crippen molar-refractivity contribution in [3.05, 3.63) is 108 Å². The maximum Gasteiger partial charge on any atom is 0.323 e. The Morgan fingerprint density at radius 1 is 1.14 bits per heavy atom. The Hall–Kier alpha value is -4.72. The Balaban J connectivity index is 1.56. The number of nitrogens with two attached hydrogens (primary N) is 1. The zero-order valence-corrected chi connectivity index (χ0v) is 21.7. The Bertz CT molecular complexity index is 1380. The van der Waals surface area contributed by atoms with Gasteiger partial charge in [-0.25, -0.2) is 9.78 Å². The van der Waals surface area contributed by atoms with Gasteiger partial charge in [-0.05, 0) is 68.3 Å². The van der Waals surface area contributed by atoms with Gasteiger partial charge in [-0.15, -0.1) is 0 Å². The number of carbonyl (C=O) groups is 1. The van der Waals surface area contributed by atoms with E-state index in [-0.39, 0.29) is 6.03 Å². The number of aromatic amines is 1. The molecule has 0 bridgehead atoms. The van der Waals surface area contributed by atoms with Crippen molar-refractivity contribution >= 4 is 28.3 Å². The molecule has 2 aromatic carbocycles. The van der Waals surface area contributed by atoms with E-state index in [1.165, 1.54) is 0 Å². The number of H-pyrrole nitrogens is 1. The first-order chi connectivity index (χ1) is 17.8. The summed E-state index contributed by atoms with van der Waals surface area (Å²) in [6.45, 7) is 10.1. The van der Waals surface area contributed by atoms with Crippen molar-refractivity contribution in [1.82, 2.24) is 20.6 Å². The number of ether oxygens (including phenoxy) is 1. The molecule has 3 aromatic rings. The van der Waals surface area contributed by atoms with Crippen molar-refractivity contribution in [2.75, 3.05) is 12.4 Å². The van der Waals surface area contributed by atoms with E-state index < -0.39 is 0 Å². The lowest BCUT2D eigenvalue weighted by atomic mass is 10.2. The summed E-state index contributed by atoms with van der Waals surface area (Å²) in [5.41, 5.74) is 12.1. The fraction of sp³-hybridized carbons (Fsp3) is 0.172. The van der Waals surface area contributed by atoms with Gasteiger partial charge in [0.25, 0.3) is 0 Å². The SMILES string of the molecule is C=C(N)/C(=C\C=C/C)NCc1ccc(NC(=O)N/C(C)=C/C=C(\C)c2nc3c(OC)cccc3[nH]2)cc1. The summed E-state index contributed by atoms with van der Waals surface area (Å²) in [5.74, 6) is 1.46. The van der Waals surface area contributed by atoms with Crippen LogP contribution in [0.15, 0.2) is 96.5 Å². The lowest BCUT2D eigenvalue weighted by Crippen LogP contribution is -2.27. The van der Waals surface area contributed by atoms with Crippen LogP contribution in [0.5, 0.6) is 5.75 Å². The predicted molar refractivity (Wildman–Crippen MR) is 152 cm³/mol. The lowest BCUT2D eigenvalue weighted by Gasteiger charge is -2.11. The molecule has 192 valence electrons. The molecule has 6 N–H and O–H groups in total. The molecule has 0 radical (unpaired) electrons. The highest BCUT2D eigenvalue weighted by Crippen LogP contribution is 2.25. The number of para-hydroxylation sites is 1. The van der Waals surface area contributed by atoms with E-state index in [1.54, 1.807) is 7.11 Å². The summed E-state index contributed by atoms with van der Waals surface area (Å²) in [7, 11) is 1.63. The summed E-state index contributed by atoms with van der Waals surface area (Å²) in [6.07, 6.45) is 9.43. The van der Waals surface area contributed by atoms with Gasteiger partial charge in [-0.3, -0.25) is 0 Å². The van der Waals surface area contributed by atoms with Crippen molar-refractivity contribution in [3.63, 3.8) is 0 Å². The standard InChI is InChI=1S/C29H34N6O2/c1-6-7-9-24(21(4)30)31-18-22-14-16-23(17-15-22)33-29(36)32-20(3)13-12-19(2)28-34-25-10-8-11-26(37-5)27(25)35-28/h6-17,31H,4,18,30H2,1-3,5H3,(H,34,35)(H2,32,33,36)/b7-6-,19-12+,20-13+,24-9+. The number of aromatic nitrogens is 2. The molecular formula is C29H34N6O2. The average Bonchev–Trinajstić information content (AvgIpc) is 3.32. The van der Waals surface area contributed by atoms with Gasteiger partial charge in [0.2, 0.25) is 0 Å².